The minimum Gasteiger partial charge on any atom is -0.434 e. The highest BCUT2D eigenvalue weighted by atomic mass is 19.3. The molecule has 1 saturated heterocycles. The molecule has 1 aromatic carbocycles. The van der Waals surface area contributed by atoms with E-state index in [1.54, 1.807) is 12.1 Å². The predicted molar refractivity (Wildman–Crippen MR) is 77.7 cm³/mol. The zero-order valence-corrected chi connectivity index (χ0v) is 12.6. The number of hydrogen-bond donors (Lipinski definition) is 0. The number of ether oxygens (including phenoxy) is 2. The van der Waals surface area contributed by atoms with E-state index in [1.807, 2.05) is 12.1 Å². The molecule has 1 aliphatic rings. The molecule has 1 aromatic rings. The third-order valence-corrected chi connectivity index (χ3v) is 4.13. The molecule has 1 heterocycles. The molecule has 0 N–H and O–H groups in total. The molecule has 1 aliphatic heterocycles. The van der Waals surface area contributed by atoms with Crippen molar-refractivity contribution in [2.45, 2.75) is 38.8 Å². The quantitative estimate of drug-likeness (QED) is 0.800. The van der Waals surface area contributed by atoms with Gasteiger partial charge in [0.1, 0.15) is 5.75 Å². The average Bonchev–Trinajstić information content (AvgIpc) is 2.48. The largest absolute Gasteiger partial charge is 0.434 e. The minimum absolute atomic E-state index is 0.273. The maximum atomic E-state index is 12.7. The second kappa shape index (κ2) is 7.18. The van der Waals surface area contributed by atoms with Gasteiger partial charge in [-0.3, -0.25) is 4.90 Å². The number of para-hydroxylation sites is 1. The summed E-state index contributed by atoms with van der Waals surface area (Å²) in [5, 5.41) is 0. The first-order chi connectivity index (χ1) is 10.1. The van der Waals surface area contributed by atoms with Crippen molar-refractivity contribution in [2.24, 2.45) is 0 Å². The Labute approximate surface area is 124 Å². The molecule has 1 fully saturated rings. The Balaban J connectivity index is 2.36. The predicted octanol–water partition coefficient (Wildman–Crippen LogP) is 3.64. The molecule has 1 unspecified atom stereocenters. The lowest BCUT2D eigenvalue weighted by atomic mass is 9.84. The summed E-state index contributed by atoms with van der Waals surface area (Å²) >= 11 is 0. The first-order valence-corrected chi connectivity index (χ1v) is 7.45. The van der Waals surface area contributed by atoms with E-state index in [0.717, 1.165) is 31.5 Å². The van der Waals surface area contributed by atoms with Crippen molar-refractivity contribution in [3.05, 3.63) is 29.8 Å². The van der Waals surface area contributed by atoms with Gasteiger partial charge in [0.2, 0.25) is 0 Å². The van der Waals surface area contributed by atoms with E-state index in [9.17, 15) is 8.78 Å². The van der Waals surface area contributed by atoms with Crippen molar-refractivity contribution in [1.29, 1.82) is 0 Å². The standard InChI is InChI=1S/C16H23F2NO2/c1-3-8-16(2,19-9-11-20-12-10-19)13-6-4-5-7-14(13)21-15(17)18/h4-7,15H,3,8-12H2,1-2H3. The summed E-state index contributed by atoms with van der Waals surface area (Å²) < 4.78 is 35.5. The molecule has 1 atom stereocenters. The van der Waals surface area contributed by atoms with Crippen LogP contribution in [0.2, 0.25) is 0 Å². The molecule has 0 bridgehead atoms. The van der Waals surface area contributed by atoms with Gasteiger partial charge in [0.25, 0.3) is 0 Å². The SMILES string of the molecule is CCCC(C)(c1ccccc1OC(F)F)N1CCOCC1. The summed E-state index contributed by atoms with van der Waals surface area (Å²) in [4.78, 5) is 2.31. The number of halogens is 2. The molecule has 0 saturated carbocycles. The van der Waals surface area contributed by atoms with Crippen LogP contribution in [0, 0.1) is 0 Å². The summed E-state index contributed by atoms with van der Waals surface area (Å²) in [6.45, 7) is 4.37. The lowest BCUT2D eigenvalue weighted by Crippen LogP contribution is -2.49. The van der Waals surface area contributed by atoms with Crippen LogP contribution in [0.25, 0.3) is 0 Å². The summed E-state index contributed by atoms with van der Waals surface area (Å²) in [5.41, 5.74) is 0.512. The number of rotatable bonds is 6. The molecule has 3 nitrogen and oxygen atoms in total. The Morgan fingerprint density at radius 3 is 2.57 bits per heavy atom. The lowest BCUT2D eigenvalue weighted by Gasteiger charge is -2.44. The Hall–Kier alpha value is -1.20. The van der Waals surface area contributed by atoms with E-state index in [4.69, 9.17) is 9.47 Å². The summed E-state index contributed by atoms with van der Waals surface area (Å²) in [5.74, 6) is 0.273. The zero-order valence-electron chi connectivity index (χ0n) is 12.6. The zero-order chi connectivity index (χ0) is 15.3. The molecular formula is C16H23F2NO2. The fourth-order valence-corrected chi connectivity index (χ4v) is 3.12. The number of morpholine rings is 1. The second-order valence-corrected chi connectivity index (χ2v) is 5.50. The molecule has 2 rings (SSSR count). The molecular weight excluding hydrogens is 276 g/mol. The monoisotopic (exact) mass is 299 g/mol. The molecule has 0 amide bonds. The van der Waals surface area contributed by atoms with Gasteiger partial charge >= 0.3 is 6.61 Å². The molecule has 0 aromatic heterocycles. The maximum absolute atomic E-state index is 12.7. The van der Waals surface area contributed by atoms with Gasteiger partial charge in [0, 0.05) is 24.2 Å². The van der Waals surface area contributed by atoms with E-state index >= 15 is 0 Å². The van der Waals surface area contributed by atoms with Gasteiger partial charge in [0.05, 0.1) is 13.2 Å². The van der Waals surface area contributed by atoms with Crippen LogP contribution in [0.1, 0.15) is 32.3 Å². The lowest BCUT2D eigenvalue weighted by molar-refractivity contribution is -0.0558. The van der Waals surface area contributed by atoms with E-state index in [2.05, 4.69) is 18.7 Å². The fourth-order valence-electron chi connectivity index (χ4n) is 3.12. The average molecular weight is 299 g/mol. The van der Waals surface area contributed by atoms with Crippen molar-refractivity contribution in [3.63, 3.8) is 0 Å². The van der Waals surface area contributed by atoms with Crippen LogP contribution in [-0.2, 0) is 10.3 Å². The van der Waals surface area contributed by atoms with Crippen molar-refractivity contribution in [1.82, 2.24) is 4.90 Å². The van der Waals surface area contributed by atoms with Gasteiger partial charge in [-0.2, -0.15) is 8.78 Å². The van der Waals surface area contributed by atoms with Crippen LogP contribution >= 0.6 is 0 Å². The van der Waals surface area contributed by atoms with Gasteiger partial charge in [-0.1, -0.05) is 31.5 Å². The fraction of sp³-hybridized carbons (Fsp3) is 0.625. The van der Waals surface area contributed by atoms with Crippen molar-refractivity contribution in [2.75, 3.05) is 26.3 Å². The summed E-state index contributed by atoms with van der Waals surface area (Å²) in [6, 6.07) is 7.12. The van der Waals surface area contributed by atoms with Gasteiger partial charge < -0.3 is 9.47 Å². The van der Waals surface area contributed by atoms with Gasteiger partial charge in [-0.05, 0) is 19.4 Å². The van der Waals surface area contributed by atoms with E-state index < -0.39 is 6.61 Å². The third-order valence-electron chi connectivity index (χ3n) is 4.13. The first-order valence-electron chi connectivity index (χ1n) is 7.45. The maximum Gasteiger partial charge on any atom is 0.387 e. The molecule has 0 spiro atoms. The molecule has 0 radical (unpaired) electrons. The van der Waals surface area contributed by atoms with Crippen LogP contribution in [0.5, 0.6) is 5.75 Å². The van der Waals surface area contributed by atoms with Crippen LogP contribution in [0.4, 0.5) is 8.78 Å². The van der Waals surface area contributed by atoms with Crippen LogP contribution in [0.3, 0.4) is 0 Å². The van der Waals surface area contributed by atoms with Crippen molar-refractivity contribution >= 4 is 0 Å². The number of benzene rings is 1. The van der Waals surface area contributed by atoms with Crippen molar-refractivity contribution in [3.8, 4) is 5.75 Å². The Morgan fingerprint density at radius 2 is 1.95 bits per heavy atom. The van der Waals surface area contributed by atoms with Gasteiger partial charge in [0.15, 0.2) is 0 Å². The molecule has 0 aliphatic carbocycles. The Bertz CT molecular complexity index is 450. The molecule has 5 heteroatoms. The Morgan fingerprint density at radius 1 is 1.29 bits per heavy atom. The molecule has 118 valence electrons. The van der Waals surface area contributed by atoms with Crippen molar-refractivity contribution < 1.29 is 18.3 Å². The summed E-state index contributed by atoms with van der Waals surface area (Å²) in [6.07, 6.45) is 1.85. The summed E-state index contributed by atoms with van der Waals surface area (Å²) in [7, 11) is 0. The normalized spacial score (nSPS) is 19.5. The second-order valence-electron chi connectivity index (χ2n) is 5.50. The minimum atomic E-state index is -2.80. The van der Waals surface area contributed by atoms with Crippen LogP contribution in [0.15, 0.2) is 24.3 Å². The van der Waals surface area contributed by atoms with E-state index in [0.29, 0.717) is 13.2 Å². The highest BCUT2D eigenvalue weighted by molar-refractivity contribution is 5.39. The highest BCUT2D eigenvalue weighted by Gasteiger charge is 2.36. The molecule has 21 heavy (non-hydrogen) atoms. The van der Waals surface area contributed by atoms with E-state index in [1.165, 1.54) is 0 Å². The highest BCUT2D eigenvalue weighted by Crippen LogP contribution is 2.39. The number of nitrogens with zero attached hydrogens (tertiary/aromatic N) is 1. The van der Waals surface area contributed by atoms with Crippen LogP contribution in [-0.4, -0.2) is 37.8 Å². The van der Waals surface area contributed by atoms with Gasteiger partial charge in [-0.25, -0.2) is 0 Å². The Kier molecular flexibility index (Phi) is 5.53. The smallest absolute Gasteiger partial charge is 0.387 e. The van der Waals surface area contributed by atoms with Crippen LogP contribution < -0.4 is 4.74 Å². The van der Waals surface area contributed by atoms with E-state index in [-0.39, 0.29) is 11.3 Å². The van der Waals surface area contributed by atoms with Gasteiger partial charge in [-0.15, -0.1) is 0 Å². The number of hydrogen-bond acceptors (Lipinski definition) is 3. The first kappa shape index (κ1) is 16.2. The third kappa shape index (κ3) is 3.71. The number of alkyl halides is 2. The topological polar surface area (TPSA) is 21.7 Å².